The van der Waals surface area contributed by atoms with E-state index >= 15 is 0 Å². The standard InChI is InChI=1S/C46H37NO/c1-2-10-31(11-3-1)36-12-5-8-16-43(36)47(34-19-21-45-40(27-34)39-14-6-9-17-44(39)48-45)35-18-20-38-37-13-4-7-15-41(37)46(42(38)28-35)32-23-29-22-30(25-32)26-33(46)24-29/h1-21,27-30,32-33H,22-26H2. The summed E-state index contributed by atoms with van der Waals surface area (Å²) in [7, 11) is 0. The minimum Gasteiger partial charge on any atom is -0.456 e. The van der Waals surface area contributed by atoms with Gasteiger partial charge in [0.15, 0.2) is 0 Å². The molecule has 5 aliphatic carbocycles. The van der Waals surface area contributed by atoms with Gasteiger partial charge in [-0.3, -0.25) is 0 Å². The van der Waals surface area contributed by atoms with Crippen LogP contribution in [0.5, 0.6) is 0 Å². The molecule has 1 spiro atoms. The highest BCUT2D eigenvalue weighted by Crippen LogP contribution is 2.69. The highest BCUT2D eigenvalue weighted by atomic mass is 16.3. The monoisotopic (exact) mass is 619 g/mol. The maximum atomic E-state index is 6.30. The molecule has 6 aromatic carbocycles. The first-order valence-electron chi connectivity index (χ1n) is 17.9. The smallest absolute Gasteiger partial charge is 0.135 e. The van der Waals surface area contributed by atoms with E-state index in [9.17, 15) is 0 Å². The quantitative estimate of drug-likeness (QED) is 0.195. The lowest BCUT2D eigenvalue weighted by Crippen LogP contribution is -2.55. The Morgan fingerprint density at radius 1 is 0.479 bits per heavy atom. The normalized spacial score (nSPS) is 24.8. The van der Waals surface area contributed by atoms with Gasteiger partial charge in [-0.1, -0.05) is 97.1 Å². The SMILES string of the molecule is c1ccc(-c2ccccc2N(c2ccc3c(c2)C2(c4ccccc4-3)C3CC4CC(C3)CC2C4)c2ccc3oc4ccccc4c3c2)cc1. The molecule has 0 atom stereocenters. The largest absolute Gasteiger partial charge is 0.456 e. The highest BCUT2D eigenvalue weighted by Gasteiger charge is 2.61. The maximum Gasteiger partial charge on any atom is 0.135 e. The van der Waals surface area contributed by atoms with Crippen LogP contribution in [0.15, 0.2) is 144 Å². The van der Waals surface area contributed by atoms with Crippen molar-refractivity contribution in [2.45, 2.75) is 37.5 Å². The molecule has 12 rings (SSSR count). The minimum absolute atomic E-state index is 0.116. The predicted molar refractivity (Wildman–Crippen MR) is 197 cm³/mol. The van der Waals surface area contributed by atoms with Crippen molar-refractivity contribution >= 4 is 39.0 Å². The molecule has 5 aliphatic rings. The van der Waals surface area contributed by atoms with Crippen LogP contribution in [0.1, 0.15) is 43.2 Å². The Morgan fingerprint density at radius 2 is 1.10 bits per heavy atom. The number of benzene rings is 6. The molecule has 48 heavy (non-hydrogen) atoms. The first kappa shape index (κ1) is 26.9. The fourth-order valence-corrected chi connectivity index (χ4v) is 11.1. The Morgan fingerprint density at radius 3 is 1.94 bits per heavy atom. The fourth-order valence-electron chi connectivity index (χ4n) is 11.1. The van der Waals surface area contributed by atoms with Gasteiger partial charge in [0.1, 0.15) is 11.2 Å². The van der Waals surface area contributed by atoms with Gasteiger partial charge in [0.25, 0.3) is 0 Å². The van der Waals surface area contributed by atoms with Crippen LogP contribution < -0.4 is 4.90 Å². The highest BCUT2D eigenvalue weighted by molar-refractivity contribution is 6.07. The van der Waals surface area contributed by atoms with Crippen molar-refractivity contribution in [3.05, 3.63) is 151 Å². The van der Waals surface area contributed by atoms with Crippen LogP contribution in [-0.4, -0.2) is 0 Å². The molecule has 4 saturated carbocycles. The molecule has 1 aromatic heterocycles. The number of hydrogen-bond donors (Lipinski definition) is 0. The van der Waals surface area contributed by atoms with Gasteiger partial charge < -0.3 is 9.32 Å². The number of hydrogen-bond acceptors (Lipinski definition) is 2. The number of nitrogens with zero attached hydrogens (tertiary/aromatic N) is 1. The third-order valence-corrected chi connectivity index (χ3v) is 12.6. The molecular weight excluding hydrogens is 583 g/mol. The molecule has 232 valence electrons. The summed E-state index contributed by atoms with van der Waals surface area (Å²) >= 11 is 0. The summed E-state index contributed by atoms with van der Waals surface area (Å²) in [5.74, 6) is 3.29. The number of rotatable bonds is 4. The van der Waals surface area contributed by atoms with E-state index in [4.69, 9.17) is 4.42 Å². The second-order valence-corrected chi connectivity index (χ2v) is 14.9. The van der Waals surface area contributed by atoms with E-state index in [0.29, 0.717) is 0 Å². The van der Waals surface area contributed by atoms with E-state index in [1.807, 2.05) is 0 Å². The fraction of sp³-hybridized carbons (Fsp3) is 0.217. The summed E-state index contributed by atoms with van der Waals surface area (Å²) in [4.78, 5) is 2.51. The van der Waals surface area contributed by atoms with Crippen molar-refractivity contribution in [3.63, 3.8) is 0 Å². The van der Waals surface area contributed by atoms with Crippen LogP contribution in [0.3, 0.4) is 0 Å². The van der Waals surface area contributed by atoms with Gasteiger partial charge in [-0.05, 0) is 126 Å². The zero-order chi connectivity index (χ0) is 31.4. The summed E-state index contributed by atoms with van der Waals surface area (Å²) in [6.07, 6.45) is 7.00. The van der Waals surface area contributed by atoms with Gasteiger partial charge in [0.05, 0.1) is 5.69 Å². The van der Waals surface area contributed by atoms with Gasteiger partial charge in [0, 0.05) is 33.1 Å². The zero-order valence-electron chi connectivity index (χ0n) is 27.0. The summed E-state index contributed by atoms with van der Waals surface area (Å²) in [6.45, 7) is 0. The van der Waals surface area contributed by atoms with Crippen molar-refractivity contribution < 1.29 is 4.42 Å². The molecule has 1 heterocycles. The molecule has 0 saturated heterocycles. The first-order valence-corrected chi connectivity index (χ1v) is 17.9. The number of fused-ring (bicyclic) bond motifs is 6. The topological polar surface area (TPSA) is 16.4 Å². The Kier molecular flexibility index (Phi) is 5.59. The average Bonchev–Trinajstić information content (AvgIpc) is 3.64. The Bertz CT molecular complexity index is 2350. The molecule has 0 aliphatic heterocycles. The van der Waals surface area contributed by atoms with Crippen LogP contribution in [-0.2, 0) is 5.41 Å². The van der Waals surface area contributed by atoms with E-state index in [0.717, 1.165) is 51.3 Å². The van der Waals surface area contributed by atoms with E-state index in [-0.39, 0.29) is 5.41 Å². The molecular formula is C46H37NO. The van der Waals surface area contributed by atoms with Gasteiger partial charge in [0.2, 0.25) is 0 Å². The van der Waals surface area contributed by atoms with Crippen molar-refractivity contribution in [2.75, 3.05) is 4.90 Å². The van der Waals surface area contributed by atoms with Gasteiger partial charge >= 0.3 is 0 Å². The van der Waals surface area contributed by atoms with Crippen molar-refractivity contribution in [3.8, 4) is 22.3 Å². The summed E-state index contributed by atoms with van der Waals surface area (Å²) in [5, 5.41) is 2.30. The van der Waals surface area contributed by atoms with Crippen LogP contribution >= 0.6 is 0 Å². The van der Waals surface area contributed by atoms with Crippen molar-refractivity contribution in [2.24, 2.45) is 23.7 Å². The number of furan rings is 1. The zero-order valence-corrected chi connectivity index (χ0v) is 27.0. The predicted octanol–water partition coefficient (Wildman–Crippen LogP) is 12.4. The third kappa shape index (κ3) is 3.64. The Labute approximate surface area is 281 Å². The van der Waals surface area contributed by atoms with Gasteiger partial charge in [-0.2, -0.15) is 0 Å². The molecule has 0 amide bonds. The maximum absolute atomic E-state index is 6.30. The summed E-state index contributed by atoms with van der Waals surface area (Å²) in [6, 6.07) is 51.8. The molecule has 7 aromatic rings. The average molecular weight is 620 g/mol. The molecule has 0 radical (unpaired) electrons. The third-order valence-electron chi connectivity index (χ3n) is 12.6. The van der Waals surface area contributed by atoms with Crippen molar-refractivity contribution in [1.82, 2.24) is 0 Å². The number of anilines is 3. The summed E-state index contributed by atoms with van der Waals surface area (Å²) in [5.41, 5.74) is 14.1. The van der Waals surface area contributed by atoms with Crippen LogP contribution in [0.4, 0.5) is 17.1 Å². The lowest BCUT2D eigenvalue weighted by Gasteiger charge is -2.61. The molecule has 4 fully saturated rings. The Balaban J connectivity index is 1.17. The molecule has 0 unspecified atom stereocenters. The molecule has 4 bridgehead atoms. The second kappa shape index (κ2) is 9.97. The molecule has 2 nitrogen and oxygen atoms in total. The van der Waals surface area contributed by atoms with E-state index in [1.54, 1.807) is 11.1 Å². The lowest BCUT2D eigenvalue weighted by molar-refractivity contribution is -0.0399. The van der Waals surface area contributed by atoms with Gasteiger partial charge in [-0.15, -0.1) is 0 Å². The number of para-hydroxylation sites is 2. The molecule has 0 N–H and O–H groups in total. The minimum atomic E-state index is 0.116. The van der Waals surface area contributed by atoms with Crippen LogP contribution in [0, 0.1) is 23.7 Å². The summed E-state index contributed by atoms with van der Waals surface area (Å²) < 4.78 is 6.30. The van der Waals surface area contributed by atoms with E-state index < -0.39 is 0 Å². The first-order chi connectivity index (χ1) is 23.8. The second-order valence-electron chi connectivity index (χ2n) is 14.9. The van der Waals surface area contributed by atoms with Gasteiger partial charge in [-0.25, -0.2) is 0 Å². The van der Waals surface area contributed by atoms with Crippen molar-refractivity contribution in [1.29, 1.82) is 0 Å². The van der Waals surface area contributed by atoms with Crippen LogP contribution in [0.2, 0.25) is 0 Å². The lowest BCUT2D eigenvalue weighted by atomic mass is 9.43. The Hall–Kier alpha value is -5.08. The van der Waals surface area contributed by atoms with Crippen LogP contribution in [0.25, 0.3) is 44.2 Å². The van der Waals surface area contributed by atoms with E-state index in [1.165, 1.54) is 65.7 Å². The molecule has 2 heteroatoms. The van der Waals surface area contributed by atoms with E-state index in [2.05, 4.69) is 144 Å².